The van der Waals surface area contributed by atoms with E-state index in [1.165, 1.54) is 0 Å². The summed E-state index contributed by atoms with van der Waals surface area (Å²) in [5.41, 5.74) is -0.0305. The van der Waals surface area contributed by atoms with Gasteiger partial charge in [0.1, 0.15) is 0 Å². The number of carbonyl (C=O) groups is 1. The normalized spacial score (nSPS) is 10.4. The fourth-order valence-corrected chi connectivity index (χ4v) is 1.56. The average molecular weight is 261 g/mol. The first-order valence-electron chi connectivity index (χ1n) is 6.10. The molecule has 19 heavy (non-hydrogen) atoms. The molecule has 0 saturated heterocycles. The van der Waals surface area contributed by atoms with Gasteiger partial charge < -0.3 is 5.32 Å². The number of anilines is 1. The zero-order valence-corrected chi connectivity index (χ0v) is 10.6. The van der Waals surface area contributed by atoms with Gasteiger partial charge in [-0.2, -0.15) is 4.98 Å². The van der Waals surface area contributed by atoms with Crippen molar-refractivity contribution in [2.75, 3.05) is 11.9 Å². The number of fused-ring (bicyclic) bond motifs is 1. The molecule has 0 aliphatic heterocycles. The maximum absolute atomic E-state index is 11.7. The first-order chi connectivity index (χ1) is 9.20. The predicted octanol–water partition coefficient (Wildman–Crippen LogP) is 1.24. The molecule has 100 valence electrons. The number of urea groups is 1. The van der Waals surface area contributed by atoms with Gasteiger partial charge in [-0.05, 0) is 18.6 Å². The average Bonchev–Trinajstić information content (AvgIpc) is 2.39. The fourth-order valence-electron chi connectivity index (χ4n) is 1.56. The molecule has 0 radical (unpaired) electrons. The lowest BCUT2D eigenvalue weighted by molar-refractivity contribution is 0.252. The number of rotatable bonds is 4. The number of hydrogen-bond acceptors (Lipinski definition) is 4. The van der Waals surface area contributed by atoms with E-state index in [-0.39, 0.29) is 11.5 Å². The van der Waals surface area contributed by atoms with E-state index in [9.17, 15) is 9.59 Å². The van der Waals surface area contributed by atoms with Gasteiger partial charge in [0.25, 0.3) is 5.56 Å². The largest absolute Gasteiger partial charge is 0.338 e. The summed E-state index contributed by atoms with van der Waals surface area (Å²) in [5.74, 6) is 0.0881. The Morgan fingerprint density at radius 3 is 3.11 bits per heavy atom. The maximum atomic E-state index is 11.7. The van der Waals surface area contributed by atoms with E-state index in [2.05, 4.69) is 25.6 Å². The zero-order valence-electron chi connectivity index (χ0n) is 10.6. The summed E-state index contributed by atoms with van der Waals surface area (Å²) in [6, 6.07) is 2.88. The lowest BCUT2D eigenvalue weighted by Crippen LogP contribution is -2.31. The van der Waals surface area contributed by atoms with Crippen molar-refractivity contribution in [3.05, 3.63) is 28.7 Å². The Kier molecular flexibility index (Phi) is 4.07. The van der Waals surface area contributed by atoms with E-state index in [0.717, 1.165) is 12.8 Å². The van der Waals surface area contributed by atoms with Crippen LogP contribution >= 0.6 is 0 Å². The van der Waals surface area contributed by atoms with Crippen LogP contribution in [-0.2, 0) is 0 Å². The molecule has 2 aromatic heterocycles. The van der Waals surface area contributed by atoms with Gasteiger partial charge in [-0.15, -0.1) is 0 Å². The Bertz CT molecular complexity index is 637. The van der Waals surface area contributed by atoms with Crippen LogP contribution in [0.4, 0.5) is 10.7 Å². The van der Waals surface area contributed by atoms with Crippen LogP contribution in [-0.4, -0.2) is 27.5 Å². The van der Waals surface area contributed by atoms with Crippen molar-refractivity contribution in [2.45, 2.75) is 19.8 Å². The Labute approximate surface area is 109 Å². The zero-order chi connectivity index (χ0) is 13.7. The van der Waals surface area contributed by atoms with Gasteiger partial charge in [0.2, 0.25) is 5.95 Å². The third-order valence-electron chi connectivity index (χ3n) is 2.53. The SMILES string of the molecule is CCCCNC(=O)Nc1nc2ncccc2c(=O)[nH]1. The first kappa shape index (κ1) is 13.0. The van der Waals surface area contributed by atoms with Crippen molar-refractivity contribution in [3.63, 3.8) is 0 Å². The second-order valence-corrected chi connectivity index (χ2v) is 4.02. The lowest BCUT2D eigenvalue weighted by atomic mass is 10.3. The number of H-pyrrole nitrogens is 1. The fraction of sp³-hybridized carbons (Fsp3) is 0.333. The summed E-state index contributed by atoms with van der Waals surface area (Å²) in [6.07, 6.45) is 3.44. The molecule has 0 atom stereocenters. The Morgan fingerprint density at radius 1 is 1.47 bits per heavy atom. The van der Waals surface area contributed by atoms with Crippen LogP contribution in [0.25, 0.3) is 11.0 Å². The summed E-state index contributed by atoms with van der Waals surface area (Å²) < 4.78 is 0. The van der Waals surface area contributed by atoms with E-state index >= 15 is 0 Å². The molecule has 2 amide bonds. The molecule has 2 aromatic rings. The lowest BCUT2D eigenvalue weighted by Gasteiger charge is -2.06. The Balaban J connectivity index is 2.13. The van der Waals surface area contributed by atoms with Gasteiger partial charge in [-0.1, -0.05) is 13.3 Å². The summed E-state index contributed by atoms with van der Waals surface area (Å²) in [5, 5.41) is 5.53. The van der Waals surface area contributed by atoms with Crippen molar-refractivity contribution < 1.29 is 4.79 Å². The number of aromatic nitrogens is 3. The van der Waals surface area contributed by atoms with Crippen molar-refractivity contribution in [1.82, 2.24) is 20.3 Å². The van der Waals surface area contributed by atoms with Crippen LogP contribution in [0.2, 0.25) is 0 Å². The van der Waals surface area contributed by atoms with Crippen LogP contribution in [0.15, 0.2) is 23.1 Å². The molecule has 0 unspecified atom stereocenters. The highest BCUT2D eigenvalue weighted by atomic mass is 16.2. The minimum Gasteiger partial charge on any atom is -0.338 e. The van der Waals surface area contributed by atoms with E-state index in [1.807, 2.05) is 6.92 Å². The van der Waals surface area contributed by atoms with Gasteiger partial charge in [-0.3, -0.25) is 15.1 Å². The summed E-state index contributed by atoms with van der Waals surface area (Å²) in [6.45, 7) is 2.62. The predicted molar refractivity (Wildman–Crippen MR) is 72.1 cm³/mol. The van der Waals surface area contributed by atoms with Crippen molar-refractivity contribution in [3.8, 4) is 0 Å². The van der Waals surface area contributed by atoms with Crippen LogP contribution in [0.5, 0.6) is 0 Å². The quantitative estimate of drug-likeness (QED) is 0.721. The number of nitrogens with zero attached hydrogens (tertiary/aromatic N) is 2. The van der Waals surface area contributed by atoms with Gasteiger partial charge in [0.05, 0.1) is 5.39 Å². The Morgan fingerprint density at radius 2 is 2.32 bits per heavy atom. The number of pyridine rings is 1. The molecule has 7 nitrogen and oxygen atoms in total. The van der Waals surface area contributed by atoms with Gasteiger partial charge in [-0.25, -0.2) is 9.78 Å². The van der Waals surface area contributed by atoms with Gasteiger partial charge in [0.15, 0.2) is 5.65 Å². The molecule has 7 heteroatoms. The van der Waals surface area contributed by atoms with E-state index in [0.29, 0.717) is 17.6 Å². The third-order valence-corrected chi connectivity index (χ3v) is 2.53. The molecule has 2 rings (SSSR count). The smallest absolute Gasteiger partial charge is 0.321 e. The van der Waals surface area contributed by atoms with E-state index < -0.39 is 6.03 Å². The van der Waals surface area contributed by atoms with Crippen LogP contribution in [0.3, 0.4) is 0 Å². The highest BCUT2D eigenvalue weighted by Crippen LogP contribution is 2.04. The number of amides is 2. The molecule has 0 fully saturated rings. The molecule has 0 spiro atoms. The first-order valence-corrected chi connectivity index (χ1v) is 6.10. The third kappa shape index (κ3) is 3.27. The van der Waals surface area contributed by atoms with Crippen LogP contribution in [0, 0.1) is 0 Å². The standard InChI is InChI=1S/C12H15N5O2/c1-2-3-6-14-12(19)17-11-15-9-8(10(18)16-11)5-4-7-13-9/h4-5,7H,2-3,6H2,1H3,(H3,13,14,15,16,17,18,19). The molecular weight excluding hydrogens is 246 g/mol. The number of unbranched alkanes of at least 4 members (excludes halogenated alkanes) is 1. The number of hydrogen-bond donors (Lipinski definition) is 3. The highest BCUT2D eigenvalue weighted by Gasteiger charge is 2.06. The second-order valence-electron chi connectivity index (χ2n) is 4.02. The van der Waals surface area contributed by atoms with Crippen LogP contribution in [0.1, 0.15) is 19.8 Å². The number of carbonyl (C=O) groups excluding carboxylic acids is 1. The van der Waals surface area contributed by atoms with Gasteiger partial charge in [0, 0.05) is 12.7 Å². The summed E-state index contributed by atoms with van der Waals surface area (Å²) >= 11 is 0. The topological polar surface area (TPSA) is 99.8 Å². The number of nitrogens with one attached hydrogen (secondary N) is 3. The molecule has 3 N–H and O–H groups in total. The maximum Gasteiger partial charge on any atom is 0.321 e. The molecule has 0 saturated carbocycles. The minimum absolute atomic E-state index is 0.0881. The molecular formula is C12H15N5O2. The number of aromatic amines is 1. The highest BCUT2D eigenvalue weighted by molar-refractivity contribution is 5.88. The molecule has 0 bridgehead atoms. The molecule has 0 aromatic carbocycles. The van der Waals surface area contributed by atoms with Crippen molar-refractivity contribution in [1.29, 1.82) is 0 Å². The minimum atomic E-state index is -0.396. The van der Waals surface area contributed by atoms with E-state index in [4.69, 9.17) is 0 Å². The van der Waals surface area contributed by atoms with Crippen molar-refractivity contribution >= 4 is 23.0 Å². The Hall–Kier alpha value is -2.44. The monoisotopic (exact) mass is 261 g/mol. The van der Waals surface area contributed by atoms with Crippen LogP contribution < -0.4 is 16.2 Å². The molecule has 0 aliphatic rings. The second kappa shape index (κ2) is 5.94. The van der Waals surface area contributed by atoms with Crippen molar-refractivity contribution in [2.24, 2.45) is 0 Å². The molecule has 0 aliphatic carbocycles. The molecule has 2 heterocycles. The summed E-state index contributed by atoms with van der Waals surface area (Å²) in [4.78, 5) is 33.8. The van der Waals surface area contributed by atoms with E-state index in [1.54, 1.807) is 18.3 Å². The van der Waals surface area contributed by atoms with Gasteiger partial charge >= 0.3 is 6.03 Å². The summed E-state index contributed by atoms with van der Waals surface area (Å²) in [7, 11) is 0.